The van der Waals surface area contributed by atoms with E-state index in [0.717, 1.165) is 18.9 Å². The van der Waals surface area contributed by atoms with Crippen molar-refractivity contribution in [1.82, 2.24) is 4.98 Å². The number of likely N-dealkylation sites (N-methyl/N-ethyl adjacent to an activating group) is 1. The first kappa shape index (κ1) is 9.99. The second-order valence-electron chi connectivity index (χ2n) is 3.01. The molecular formula is C10H17N3. The SMILES string of the molecule is CCN(CCN)c1ncccc1C. The molecule has 0 atom stereocenters. The summed E-state index contributed by atoms with van der Waals surface area (Å²) >= 11 is 0. The summed E-state index contributed by atoms with van der Waals surface area (Å²) in [6.45, 7) is 6.68. The summed E-state index contributed by atoms with van der Waals surface area (Å²) in [6, 6.07) is 4.02. The zero-order chi connectivity index (χ0) is 9.68. The highest BCUT2D eigenvalue weighted by Crippen LogP contribution is 2.14. The zero-order valence-corrected chi connectivity index (χ0v) is 8.33. The predicted octanol–water partition coefficient (Wildman–Crippen LogP) is 1.18. The van der Waals surface area contributed by atoms with Gasteiger partial charge in [-0.3, -0.25) is 0 Å². The molecule has 1 aromatic heterocycles. The van der Waals surface area contributed by atoms with Gasteiger partial charge in [-0.2, -0.15) is 0 Å². The Bertz CT molecular complexity index is 260. The predicted molar refractivity (Wildman–Crippen MR) is 55.9 cm³/mol. The molecule has 2 N–H and O–H groups in total. The molecule has 3 nitrogen and oxygen atoms in total. The molecule has 0 radical (unpaired) electrons. The van der Waals surface area contributed by atoms with E-state index in [-0.39, 0.29) is 0 Å². The minimum atomic E-state index is 0.670. The number of nitrogens with two attached hydrogens (primary N) is 1. The molecule has 0 aromatic carbocycles. The maximum atomic E-state index is 5.52. The van der Waals surface area contributed by atoms with Crippen molar-refractivity contribution in [3.05, 3.63) is 23.9 Å². The lowest BCUT2D eigenvalue weighted by Gasteiger charge is -2.22. The van der Waals surface area contributed by atoms with Crippen molar-refractivity contribution in [3.8, 4) is 0 Å². The van der Waals surface area contributed by atoms with Gasteiger partial charge in [0.15, 0.2) is 0 Å². The van der Waals surface area contributed by atoms with Crippen LogP contribution in [-0.4, -0.2) is 24.6 Å². The van der Waals surface area contributed by atoms with E-state index in [1.165, 1.54) is 5.56 Å². The topological polar surface area (TPSA) is 42.1 Å². The fraction of sp³-hybridized carbons (Fsp3) is 0.500. The lowest BCUT2D eigenvalue weighted by molar-refractivity contribution is 0.798. The average Bonchev–Trinajstić information content (AvgIpc) is 2.16. The van der Waals surface area contributed by atoms with Gasteiger partial charge in [0.1, 0.15) is 5.82 Å². The Balaban J connectivity index is 2.84. The van der Waals surface area contributed by atoms with Crippen LogP contribution < -0.4 is 10.6 Å². The number of rotatable bonds is 4. The summed E-state index contributed by atoms with van der Waals surface area (Å²) in [6.07, 6.45) is 1.82. The normalized spacial score (nSPS) is 10.1. The molecule has 0 unspecified atom stereocenters. The van der Waals surface area contributed by atoms with Crippen molar-refractivity contribution in [2.75, 3.05) is 24.5 Å². The molecule has 0 amide bonds. The van der Waals surface area contributed by atoms with Crippen molar-refractivity contribution in [2.45, 2.75) is 13.8 Å². The Morgan fingerprint density at radius 3 is 2.85 bits per heavy atom. The fourth-order valence-electron chi connectivity index (χ4n) is 1.38. The van der Waals surface area contributed by atoms with E-state index in [9.17, 15) is 0 Å². The molecule has 0 spiro atoms. The molecule has 0 fully saturated rings. The van der Waals surface area contributed by atoms with E-state index in [0.29, 0.717) is 6.54 Å². The van der Waals surface area contributed by atoms with E-state index in [2.05, 4.69) is 29.8 Å². The highest BCUT2D eigenvalue weighted by molar-refractivity contribution is 5.45. The van der Waals surface area contributed by atoms with E-state index in [1.54, 1.807) is 0 Å². The molecule has 0 saturated carbocycles. The first-order valence-corrected chi connectivity index (χ1v) is 4.66. The lowest BCUT2D eigenvalue weighted by Crippen LogP contribution is -2.30. The third kappa shape index (κ3) is 2.42. The smallest absolute Gasteiger partial charge is 0.131 e. The van der Waals surface area contributed by atoms with Crippen LogP contribution in [-0.2, 0) is 0 Å². The van der Waals surface area contributed by atoms with Crippen molar-refractivity contribution in [1.29, 1.82) is 0 Å². The van der Waals surface area contributed by atoms with Crippen LogP contribution in [0.4, 0.5) is 5.82 Å². The Hall–Kier alpha value is -1.09. The van der Waals surface area contributed by atoms with Crippen LogP contribution >= 0.6 is 0 Å². The summed E-state index contributed by atoms with van der Waals surface area (Å²) in [5.74, 6) is 1.05. The standard InChI is InChI=1S/C10H17N3/c1-3-13(8-6-11)10-9(2)5-4-7-12-10/h4-5,7H,3,6,8,11H2,1-2H3. The average molecular weight is 179 g/mol. The number of nitrogens with zero attached hydrogens (tertiary/aromatic N) is 2. The van der Waals surface area contributed by atoms with Gasteiger partial charge in [0.25, 0.3) is 0 Å². The van der Waals surface area contributed by atoms with Crippen LogP contribution in [0.3, 0.4) is 0 Å². The first-order chi connectivity index (χ1) is 6.29. The zero-order valence-electron chi connectivity index (χ0n) is 8.33. The lowest BCUT2D eigenvalue weighted by atomic mass is 10.2. The number of aromatic nitrogens is 1. The van der Waals surface area contributed by atoms with Gasteiger partial charge in [0, 0.05) is 25.8 Å². The summed E-state index contributed by atoms with van der Waals surface area (Å²) in [4.78, 5) is 6.53. The quantitative estimate of drug-likeness (QED) is 0.754. The molecule has 72 valence electrons. The van der Waals surface area contributed by atoms with Gasteiger partial charge in [0.2, 0.25) is 0 Å². The van der Waals surface area contributed by atoms with Gasteiger partial charge in [-0.05, 0) is 25.5 Å². The minimum Gasteiger partial charge on any atom is -0.355 e. The Kier molecular flexibility index (Phi) is 3.71. The number of hydrogen-bond acceptors (Lipinski definition) is 3. The largest absolute Gasteiger partial charge is 0.355 e. The van der Waals surface area contributed by atoms with Gasteiger partial charge >= 0.3 is 0 Å². The maximum Gasteiger partial charge on any atom is 0.131 e. The molecule has 0 saturated heterocycles. The molecule has 0 aliphatic rings. The Morgan fingerprint density at radius 2 is 2.31 bits per heavy atom. The minimum absolute atomic E-state index is 0.670. The van der Waals surface area contributed by atoms with Crippen LogP contribution in [0.25, 0.3) is 0 Å². The van der Waals surface area contributed by atoms with Crippen molar-refractivity contribution in [2.24, 2.45) is 5.73 Å². The third-order valence-electron chi connectivity index (χ3n) is 2.06. The van der Waals surface area contributed by atoms with Crippen LogP contribution in [0.5, 0.6) is 0 Å². The highest BCUT2D eigenvalue weighted by atomic mass is 15.2. The van der Waals surface area contributed by atoms with E-state index in [1.807, 2.05) is 12.3 Å². The summed E-state index contributed by atoms with van der Waals surface area (Å²) < 4.78 is 0. The van der Waals surface area contributed by atoms with Crippen LogP contribution in [0.2, 0.25) is 0 Å². The van der Waals surface area contributed by atoms with Crippen LogP contribution in [0.1, 0.15) is 12.5 Å². The first-order valence-electron chi connectivity index (χ1n) is 4.66. The molecular weight excluding hydrogens is 162 g/mol. The summed E-state index contributed by atoms with van der Waals surface area (Å²) in [7, 11) is 0. The molecule has 0 aliphatic heterocycles. The second-order valence-corrected chi connectivity index (χ2v) is 3.01. The molecule has 13 heavy (non-hydrogen) atoms. The van der Waals surface area contributed by atoms with Gasteiger partial charge in [-0.25, -0.2) is 4.98 Å². The van der Waals surface area contributed by atoms with Crippen molar-refractivity contribution in [3.63, 3.8) is 0 Å². The molecule has 1 aromatic rings. The maximum absolute atomic E-state index is 5.52. The fourth-order valence-corrected chi connectivity index (χ4v) is 1.38. The molecule has 1 heterocycles. The van der Waals surface area contributed by atoms with Crippen LogP contribution in [0, 0.1) is 6.92 Å². The third-order valence-corrected chi connectivity index (χ3v) is 2.06. The second kappa shape index (κ2) is 4.82. The monoisotopic (exact) mass is 179 g/mol. The number of hydrogen-bond donors (Lipinski definition) is 1. The number of pyridine rings is 1. The molecule has 1 rings (SSSR count). The van der Waals surface area contributed by atoms with E-state index < -0.39 is 0 Å². The summed E-state index contributed by atoms with van der Waals surface area (Å²) in [5, 5.41) is 0. The van der Waals surface area contributed by atoms with E-state index in [4.69, 9.17) is 5.73 Å². The van der Waals surface area contributed by atoms with Gasteiger partial charge in [0.05, 0.1) is 0 Å². The number of anilines is 1. The van der Waals surface area contributed by atoms with Gasteiger partial charge in [-0.1, -0.05) is 6.07 Å². The molecule has 3 heteroatoms. The Morgan fingerprint density at radius 1 is 1.54 bits per heavy atom. The van der Waals surface area contributed by atoms with Crippen molar-refractivity contribution < 1.29 is 0 Å². The van der Waals surface area contributed by atoms with E-state index >= 15 is 0 Å². The molecule has 0 bridgehead atoms. The van der Waals surface area contributed by atoms with Gasteiger partial charge < -0.3 is 10.6 Å². The summed E-state index contributed by atoms with van der Waals surface area (Å²) in [5.41, 5.74) is 6.73. The number of aryl methyl sites for hydroxylation is 1. The Labute approximate surface area is 79.6 Å². The van der Waals surface area contributed by atoms with Crippen LogP contribution in [0.15, 0.2) is 18.3 Å². The highest BCUT2D eigenvalue weighted by Gasteiger charge is 2.06. The van der Waals surface area contributed by atoms with Gasteiger partial charge in [-0.15, -0.1) is 0 Å². The molecule has 0 aliphatic carbocycles. The van der Waals surface area contributed by atoms with Crippen molar-refractivity contribution >= 4 is 5.82 Å².